The Hall–Kier alpha value is -1.99. The number of hydrogen-bond acceptors (Lipinski definition) is 5. The molecule has 0 unspecified atom stereocenters. The Bertz CT molecular complexity index is 1070. The Morgan fingerprint density at radius 2 is 1.74 bits per heavy atom. The van der Waals surface area contributed by atoms with Crippen LogP contribution in [0.2, 0.25) is 0 Å². The molecule has 2 aromatic carbocycles. The second kappa shape index (κ2) is 9.65. The summed E-state index contributed by atoms with van der Waals surface area (Å²) in [5.74, 6) is 1.93. The van der Waals surface area contributed by atoms with Crippen molar-refractivity contribution in [3.63, 3.8) is 0 Å². The van der Waals surface area contributed by atoms with Gasteiger partial charge in [-0.3, -0.25) is 9.47 Å². The minimum absolute atomic E-state index is 0. The third kappa shape index (κ3) is 4.35. The van der Waals surface area contributed by atoms with Crippen LogP contribution in [-0.4, -0.2) is 54.7 Å². The number of para-hydroxylation sites is 2. The quantitative estimate of drug-likeness (QED) is 0.574. The maximum absolute atomic E-state index is 12.2. The molecule has 0 spiro atoms. The highest BCUT2D eigenvalue weighted by molar-refractivity contribution is 5.85. The van der Waals surface area contributed by atoms with E-state index in [0.29, 0.717) is 30.0 Å². The molecule has 3 aromatic rings. The van der Waals surface area contributed by atoms with Crippen molar-refractivity contribution in [1.29, 1.82) is 0 Å². The van der Waals surface area contributed by atoms with Crippen LogP contribution in [0.15, 0.2) is 57.7 Å². The summed E-state index contributed by atoms with van der Waals surface area (Å²) in [6.07, 6.45) is 0. The fourth-order valence-electron chi connectivity index (χ4n) is 5.30. The van der Waals surface area contributed by atoms with Gasteiger partial charge in [-0.1, -0.05) is 24.3 Å². The van der Waals surface area contributed by atoms with E-state index in [2.05, 4.69) is 41.1 Å². The zero-order chi connectivity index (χ0) is 20.0. The lowest BCUT2D eigenvalue weighted by atomic mass is 9.89. The molecule has 0 aliphatic carbocycles. The molecule has 0 amide bonds. The van der Waals surface area contributed by atoms with Gasteiger partial charge in [-0.25, -0.2) is 4.79 Å². The van der Waals surface area contributed by atoms with Gasteiger partial charge in [0.25, 0.3) is 0 Å². The van der Waals surface area contributed by atoms with Crippen molar-refractivity contribution < 1.29 is 9.15 Å². The van der Waals surface area contributed by atoms with Crippen molar-refractivity contribution >= 4 is 35.9 Å². The first kappa shape index (κ1) is 23.7. The molecule has 3 heterocycles. The first-order chi connectivity index (χ1) is 14.1. The van der Waals surface area contributed by atoms with Gasteiger partial charge in [-0.2, -0.15) is 0 Å². The number of nitrogens with zero attached hydrogens (tertiary/aromatic N) is 3. The van der Waals surface area contributed by atoms with E-state index in [1.54, 1.807) is 11.7 Å². The molecule has 2 saturated heterocycles. The van der Waals surface area contributed by atoms with Gasteiger partial charge in [-0.05, 0) is 48.7 Å². The largest absolute Gasteiger partial charge is 0.497 e. The second-order valence-corrected chi connectivity index (χ2v) is 8.33. The highest BCUT2D eigenvalue weighted by Crippen LogP contribution is 2.44. The molecule has 0 bridgehead atoms. The van der Waals surface area contributed by atoms with Crippen molar-refractivity contribution in [3.8, 4) is 5.75 Å². The Labute approximate surface area is 194 Å². The van der Waals surface area contributed by atoms with Gasteiger partial charge >= 0.3 is 5.76 Å². The predicted molar refractivity (Wildman–Crippen MR) is 127 cm³/mol. The molecular weight excluding hydrogens is 437 g/mol. The summed E-state index contributed by atoms with van der Waals surface area (Å²) in [5.41, 5.74) is 2.91. The second-order valence-electron chi connectivity index (χ2n) is 8.33. The number of fused-ring (bicyclic) bond motifs is 2. The molecule has 0 N–H and O–H groups in total. The first-order valence-corrected chi connectivity index (χ1v) is 10.3. The number of rotatable bonds is 5. The van der Waals surface area contributed by atoms with E-state index in [4.69, 9.17) is 9.15 Å². The van der Waals surface area contributed by atoms with E-state index in [1.165, 1.54) is 5.56 Å². The molecule has 6 nitrogen and oxygen atoms in total. The molecule has 3 atom stereocenters. The van der Waals surface area contributed by atoms with Crippen LogP contribution in [0.3, 0.4) is 0 Å². The number of ether oxygens (including phenoxy) is 1. The van der Waals surface area contributed by atoms with Crippen LogP contribution in [-0.2, 0) is 6.54 Å². The molecule has 5 rings (SSSR count). The van der Waals surface area contributed by atoms with Gasteiger partial charge in [0, 0.05) is 38.8 Å². The van der Waals surface area contributed by atoms with Crippen LogP contribution in [0.5, 0.6) is 5.75 Å². The fraction of sp³-hybridized carbons (Fsp3) is 0.435. The Morgan fingerprint density at radius 1 is 1.00 bits per heavy atom. The van der Waals surface area contributed by atoms with Crippen molar-refractivity contribution in [2.75, 3.05) is 40.3 Å². The number of benzene rings is 2. The van der Waals surface area contributed by atoms with Gasteiger partial charge in [0.2, 0.25) is 0 Å². The van der Waals surface area contributed by atoms with Crippen LogP contribution in [0.1, 0.15) is 11.6 Å². The number of methoxy groups -OCH3 is 1. The highest BCUT2D eigenvalue weighted by Gasteiger charge is 2.45. The highest BCUT2D eigenvalue weighted by atomic mass is 35.5. The van der Waals surface area contributed by atoms with E-state index < -0.39 is 0 Å². The molecule has 2 fully saturated rings. The zero-order valence-corrected chi connectivity index (χ0v) is 19.4. The lowest BCUT2D eigenvalue weighted by Crippen LogP contribution is -2.32. The van der Waals surface area contributed by atoms with Crippen molar-refractivity contribution in [2.45, 2.75) is 12.6 Å². The van der Waals surface area contributed by atoms with E-state index in [1.807, 2.05) is 24.3 Å². The molecule has 31 heavy (non-hydrogen) atoms. The molecule has 2 aliphatic rings. The lowest BCUT2D eigenvalue weighted by Gasteiger charge is -2.27. The van der Waals surface area contributed by atoms with E-state index in [9.17, 15) is 4.79 Å². The minimum atomic E-state index is -0.263. The predicted octanol–water partition coefficient (Wildman–Crippen LogP) is 3.68. The van der Waals surface area contributed by atoms with Crippen LogP contribution in [0, 0.1) is 11.8 Å². The van der Waals surface area contributed by atoms with E-state index >= 15 is 0 Å². The smallest absolute Gasteiger partial charge is 0.419 e. The number of hydrogen-bond donors (Lipinski definition) is 0. The zero-order valence-electron chi connectivity index (χ0n) is 17.8. The fourth-order valence-corrected chi connectivity index (χ4v) is 5.30. The third-order valence-corrected chi connectivity index (χ3v) is 6.64. The molecule has 168 valence electrons. The number of oxazole rings is 1. The number of halogens is 2. The van der Waals surface area contributed by atoms with Crippen molar-refractivity contribution in [2.24, 2.45) is 11.8 Å². The number of likely N-dealkylation sites (tertiary alicyclic amines) is 2. The summed E-state index contributed by atoms with van der Waals surface area (Å²) in [6.45, 7) is 4.81. The van der Waals surface area contributed by atoms with Gasteiger partial charge < -0.3 is 14.1 Å². The normalized spacial score (nSPS) is 23.4. The molecule has 0 radical (unpaired) electrons. The maximum Gasteiger partial charge on any atom is 0.419 e. The van der Waals surface area contributed by atoms with Crippen LogP contribution in [0.4, 0.5) is 0 Å². The van der Waals surface area contributed by atoms with Crippen molar-refractivity contribution in [1.82, 2.24) is 14.4 Å². The standard InChI is InChI=1S/C23H27N3O3.2ClH/c1-24-13-17-14-25(11-12-26-20-5-3-4-6-21(20)29-23(26)27)15-19(17)22(24)16-7-9-18(28-2)10-8-16;;/h3-10,17,19,22H,11-15H2,1-2H3;2*1H/t17-,19+,22+;;/m0../s1. The summed E-state index contributed by atoms with van der Waals surface area (Å²) >= 11 is 0. The SMILES string of the molecule is COc1ccc([C@@H]2[C@@H]3CN(CCn4c(=O)oc5ccccc54)C[C@@H]3CN2C)cc1.Cl.Cl. The van der Waals surface area contributed by atoms with E-state index in [0.717, 1.165) is 37.4 Å². The maximum atomic E-state index is 12.2. The third-order valence-electron chi connectivity index (χ3n) is 6.64. The Balaban J connectivity index is 0.00000136. The number of aromatic nitrogens is 1. The molecule has 8 heteroatoms. The van der Waals surface area contributed by atoms with Crippen LogP contribution in [0.25, 0.3) is 11.1 Å². The van der Waals surface area contributed by atoms with E-state index in [-0.39, 0.29) is 30.6 Å². The Morgan fingerprint density at radius 3 is 2.48 bits per heavy atom. The summed E-state index contributed by atoms with van der Waals surface area (Å²) in [4.78, 5) is 17.2. The monoisotopic (exact) mass is 465 g/mol. The van der Waals surface area contributed by atoms with Gasteiger partial charge in [0.1, 0.15) is 5.75 Å². The van der Waals surface area contributed by atoms with Crippen molar-refractivity contribution in [3.05, 3.63) is 64.6 Å². The Kier molecular flexibility index (Phi) is 7.37. The molecule has 1 aromatic heterocycles. The summed E-state index contributed by atoms with van der Waals surface area (Å²) in [6, 6.07) is 16.6. The average molecular weight is 466 g/mol. The van der Waals surface area contributed by atoms with Gasteiger partial charge in [-0.15, -0.1) is 24.8 Å². The molecular formula is C23H29Cl2N3O3. The molecule has 2 aliphatic heterocycles. The summed E-state index contributed by atoms with van der Waals surface area (Å²) in [5, 5.41) is 0. The average Bonchev–Trinajstić information content (AvgIpc) is 3.35. The van der Waals surface area contributed by atoms with Gasteiger partial charge in [0.05, 0.1) is 12.6 Å². The summed E-state index contributed by atoms with van der Waals surface area (Å²) in [7, 11) is 3.94. The van der Waals surface area contributed by atoms with Gasteiger partial charge in [0.15, 0.2) is 5.58 Å². The topological polar surface area (TPSA) is 50.9 Å². The van der Waals surface area contributed by atoms with Crippen LogP contribution >= 0.6 is 24.8 Å². The van der Waals surface area contributed by atoms with Crippen LogP contribution < -0.4 is 10.5 Å². The molecule has 0 saturated carbocycles. The minimum Gasteiger partial charge on any atom is -0.497 e. The lowest BCUT2D eigenvalue weighted by molar-refractivity contribution is 0.223. The summed E-state index contributed by atoms with van der Waals surface area (Å²) < 4.78 is 12.4. The first-order valence-electron chi connectivity index (χ1n) is 10.3.